The van der Waals surface area contributed by atoms with Gasteiger partial charge in [0.15, 0.2) is 0 Å². The molecule has 0 rings (SSSR count). The molecule has 4 nitrogen and oxygen atoms in total. The lowest BCUT2D eigenvalue weighted by molar-refractivity contribution is -0.123. The van der Waals surface area contributed by atoms with Crippen molar-refractivity contribution in [2.75, 3.05) is 6.61 Å². The van der Waals surface area contributed by atoms with E-state index in [4.69, 9.17) is 0 Å². The second-order valence-corrected chi connectivity index (χ2v) is 19.3. The van der Waals surface area contributed by atoms with E-state index in [1.807, 2.05) is 6.08 Å². The molecule has 0 bridgehead atoms. The molecule has 0 spiro atoms. The van der Waals surface area contributed by atoms with Gasteiger partial charge in [-0.05, 0) is 57.8 Å². The Balaban J connectivity index is 3.51. The molecule has 0 heterocycles. The molecule has 2 unspecified atom stereocenters. The zero-order valence-electron chi connectivity index (χ0n) is 42.2. The first-order valence-electron chi connectivity index (χ1n) is 28.2. The Morgan fingerprint density at radius 2 is 0.629 bits per heavy atom. The molecule has 0 aromatic rings. The van der Waals surface area contributed by atoms with Crippen LogP contribution in [-0.2, 0) is 4.79 Å². The number of hydrogen-bond acceptors (Lipinski definition) is 3. The molecule has 2 atom stereocenters. The zero-order valence-corrected chi connectivity index (χ0v) is 42.2. The van der Waals surface area contributed by atoms with Crippen molar-refractivity contribution in [1.82, 2.24) is 5.32 Å². The fraction of sp³-hybridized carbons (Fsp3) is 0.879. The quantitative estimate of drug-likeness (QED) is 0.0421. The first kappa shape index (κ1) is 60.6. The summed E-state index contributed by atoms with van der Waals surface area (Å²) in [6, 6.07) is -0.639. The Morgan fingerprint density at radius 3 is 0.935 bits per heavy atom. The van der Waals surface area contributed by atoms with Gasteiger partial charge in [-0.25, -0.2) is 0 Å². The van der Waals surface area contributed by atoms with Gasteiger partial charge in [-0.3, -0.25) is 4.79 Å². The molecule has 4 heteroatoms. The summed E-state index contributed by atoms with van der Waals surface area (Å²) in [6.07, 6.45) is 73.1. The molecule has 0 aromatic heterocycles. The van der Waals surface area contributed by atoms with Crippen molar-refractivity contribution in [2.24, 2.45) is 0 Å². The van der Waals surface area contributed by atoms with Gasteiger partial charge >= 0.3 is 0 Å². The normalized spacial score (nSPS) is 13.0. The predicted octanol–water partition coefficient (Wildman–Crippen LogP) is 18.5. The Hall–Kier alpha value is -1.39. The van der Waals surface area contributed by atoms with Crippen molar-refractivity contribution in [2.45, 2.75) is 321 Å². The number of carbonyl (C=O) groups excluding carboxylic acids is 1. The van der Waals surface area contributed by atoms with E-state index in [1.54, 1.807) is 6.08 Å². The number of nitrogens with one attached hydrogen (secondary N) is 1. The second kappa shape index (κ2) is 53.9. The summed E-state index contributed by atoms with van der Waals surface area (Å²) in [7, 11) is 0. The van der Waals surface area contributed by atoms with Crippen LogP contribution in [0.15, 0.2) is 36.5 Å². The van der Waals surface area contributed by atoms with Gasteiger partial charge in [0.05, 0.1) is 18.8 Å². The predicted molar refractivity (Wildman–Crippen MR) is 276 cm³/mol. The van der Waals surface area contributed by atoms with Crippen LogP contribution in [0.3, 0.4) is 0 Å². The molecule has 0 radical (unpaired) electrons. The van der Waals surface area contributed by atoms with Gasteiger partial charge < -0.3 is 15.5 Å². The lowest BCUT2D eigenvalue weighted by atomic mass is 10.0. The number of aliphatic hydroxyl groups excluding tert-OH is 2. The van der Waals surface area contributed by atoms with Gasteiger partial charge in [0.25, 0.3) is 0 Å². The molecule has 0 saturated carbocycles. The number of aliphatic hydroxyl groups is 2. The van der Waals surface area contributed by atoms with Gasteiger partial charge in [-0.2, -0.15) is 0 Å². The number of amides is 1. The van der Waals surface area contributed by atoms with Crippen LogP contribution in [0.1, 0.15) is 309 Å². The molecule has 0 aromatic carbocycles. The molecule has 366 valence electrons. The zero-order chi connectivity index (χ0) is 44.9. The molecule has 0 fully saturated rings. The molecular formula is C58H111NO3. The van der Waals surface area contributed by atoms with Gasteiger partial charge in [-0.1, -0.05) is 281 Å². The summed E-state index contributed by atoms with van der Waals surface area (Å²) in [5.74, 6) is -0.0696. The van der Waals surface area contributed by atoms with Gasteiger partial charge in [0, 0.05) is 6.42 Å². The van der Waals surface area contributed by atoms with Crippen LogP contribution in [0.2, 0.25) is 0 Å². The molecular weight excluding hydrogens is 759 g/mol. The van der Waals surface area contributed by atoms with Gasteiger partial charge in [0.2, 0.25) is 5.91 Å². The number of allylic oxidation sites excluding steroid dienone is 5. The molecule has 3 N–H and O–H groups in total. The fourth-order valence-electron chi connectivity index (χ4n) is 8.78. The molecule has 0 aliphatic heterocycles. The summed E-state index contributed by atoms with van der Waals surface area (Å²) in [6.45, 7) is 4.33. The van der Waals surface area contributed by atoms with E-state index in [0.717, 1.165) is 32.1 Å². The Labute approximate surface area is 389 Å². The number of rotatable bonds is 52. The summed E-state index contributed by atoms with van der Waals surface area (Å²) in [4.78, 5) is 12.5. The first-order chi connectivity index (χ1) is 30.7. The van der Waals surface area contributed by atoms with Crippen molar-refractivity contribution >= 4 is 5.91 Å². The van der Waals surface area contributed by atoms with Crippen LogP contribution >= 0.6 is 0 Å². The monoisotopic (exact) mass is 870 g/mol. The fourth-order valence-corrected chi connectivity index (χ4v) is 8.78. The third-order valence-corrected chi connectivity index (χ3v) is 13.1. The van der Waals surface area contributed by atoms with Crippen molar-refractivity contribution in [3.05, 3.63) is 36.5 Å². The molecule has 0 aliphatic carbocycles. The lowest BCUT2D eigenvalue weighted by Crippen LogP contribution is -2.45. The average molecular weight is 871 g/mol. The summed E-state index contributed by atoms with van der Waals surface area (Å²) in [5.41, 5.74) is 0. The van der Waals surface area contributed by atoms with Crippen LogP contribution in [0.4, 0.5) is 0 Å². The second-order valence-electron chi connectivity index (χ2n) is 19.3. The Morgan fingerprint density at radius 1 is 0.371 bits per heavy atom. The Kier molecular flexibility index (Phi) is 52.7. The minimum atomic E-state index is -0.862. The SMILES string of the molecule is CCCCCCCCCC/C=C\CCCCCCCCCCCCCCCC(=O)NC(CO)C(O)/C=C/CC/C=C/CCCCCCCCCCCCCCCCCCCCC. The van der Waals surface area contributed by atoms with Crippen molar-refractivity contribution in [3.8, 4) is 0 Å². The summed E-state index contributed by atoms with van der Waals surface area (Å²) in [5, 5.41) is 23.2. The molecule has 0 aliphatic rings. The largest absolute Gasteiger partial charge is 0.394 e. The van der Waals surface area contributed by atoms with E-state index in [2.05, 4.69) is 43.5 Å². The average Bonchev–Trinajstić information content (AvgIpc) is 3.28. The standard InChI is InChI=1S/C58H111NO3/c1-3-5-7-9-11-13-15-17-19-21-23-25-27-29-31-33-35-37-39-41-43-45-47-49-51-53-57(61)56(55-60)59-58(62)54-52-50-48-46-44-42-40-38-36-34-32-30-28-26-24-22-20-18-16-14-12-10-8-6-4-2/h22,24,43,45,51,53,56-57,60-61H,3-21,23,25-42,44,46-50,52,54-55H2,1-2H3,(H,59,62)/b24-22-,45-43+,53-51+. The maximum absolute atomic E-state index is 12.5. The van der Waals surface area contributed by atoms with Crippen LogP contribution in [0, 0.1) is 0 Å². The summed E-state index contributed by atoms with van der Waals surface area (Å²) < 4.78 is 0. The van der Waals surface area contributed by atoms with E-state index in [9.17, 15) is 15.0 Å². The first-order valence-corrected chi connectivity index (χ1v) is 28.2. The van der Waals surface area contributed by atoms with Gasteiger partial charge in [-0.15, -0.1) is 0 Å². The van der Waals surface area contributed by atoms with Crippen molar-refractivity contribution < 1.29 is 15.0 Å². The smallest absolute Gasteiger partial charge is 0.220 e. The van der Waals surface area contributed by atoms with Gasteiger partial charge in [0.1, 0.15) is 0 Å². The highest BCUT2D eigenvalue weighted by molar-refractivity contribution is 5.76. The minimum Gasteiger partial charge on any atom is -0.394 e. The van der Waals surface area contributed by atoms with Crippen molar-refractivity contribution in [3.63, 3.8) is 0 Å². The highest BCUT2D eigenvalue weighted by Gasteiger charge is 2.18. The third kappa shape index (κ3) is 49.6. The summed E-state index contributed by atoms with van der Waals surface area (Å²) >= 11 is 0. The Bertz CT molecular complexity index is 943. The van der Waals surface area contributed by atoms with Crippen LogP contribution in [0.25, 0.3) is 0 Å². The number of unbranched alkanes of at least 4 members (excludes halogenated alkanes) is 41. The number of carbonyl (C=O) groups is 1. The number of hydrogen-bond donors (Lipinski definition) is 3. The maximum Gasteiger partial charge on any atom is 0.220 e. The maximum atomic E-state index is 12.5. The van der Waals surface area contributed by atoms with Crippen LogP contribution in [0.5, 0.6) is 0 Å². The van der Waals surface area contributed by atoms with Crippen molar-refractivity contribution in [1.29, 1.82) is 0 Å². The minimum absolute atomic E-state index is 0.0696. The van der Waals surface area contributed by atoms with E-state index < -0.39 is 12.1 Å². The van der Waals surface area contributed by atoms with E-state index in [0.29, 0.717) is 6.42 Å². The van der Waals surface area contributed by atoms with Crippen LogP contribution < -0.4 is 5.32 Å². The lowest BCUT2D eigenvalue weighted by Gasteiger charge is -2.19. The molecule has 1 amide bonds. The highest BCUT2D eigenvalue weighted by atomic mass is 16.3. The molecule has 0 saturated heterocycles. The van der Waals surface area contributed by atoms with E-state index >= 15 is 0 Å². The highest BCUT2D eigenvalue weighted by Crippen LogP contribution is 2.17. The molecule has 62 heavy (non-hydrogen) atoms. The topological polar surface area (TPSA) is 69.6 Å². The third-order valence-electron chi connectivity index (χ3n) is 13.1. The van der Waals surface area contributed by atoms with E-state index in [1.165, 1.54) is 257 Å². The van der Waals surface area contributed by atoms with E-state index in [-0.39, 0.29) is 12.5 Å². The van der Waals surface area contributed by atoms with Crippen LogP contribution in [-0.4, -0.2) is 34.9 Å².